The summed E-state index contributed by atoms with van der Waals surface area (Å²) in [5.74, 6) is 0. The van der Waals surface area contributed by atoms with Gasteiger partial charge in [0.15, 0.2) is 0 Å². The van der Waals surface area contributed by atoms with Gasteiger partial charge < -0.3 is 0 Å². The van der Waals surface area contributed by atoms with Gasteiger partial charge in [-0.15, -0.1) is 0 Å². The van der Waals surface area contributed by atoms with Crippen molar-refractivity contribution in [1.29, 1.82) is 0 Å². The molecule has 12 heavy (non-hydrogen) atoms. The third-order valence-corrected chi connectivity index (χ3v) is 6.21. The number of hydrogen-bond acceptors (Lipinski definition) is 0. The average Bonchev–Trinajstić information content (AvgIpc) is 1.82. The number of hydrogen-bond donors (Lipinski definition) is 0. The van der Waals surface area contributed by atoms with E-state index in [1.165, 1.54) is 0 Å². The molecule has 0 spiro atoms. The predicted molar refractivity (Wildman–Crippen MR) is 68.7 cm³/mol. The van der Waals surface area contributed by atoms with Gasteiger partial charge in [-0.05, 0) is 13.8 Å². The van der Waals surface area contributed by atoms with Crippen LogP contribution in [0.15, 0.2) is 21.1 Å². The van der Waals surface area contributed by atoms with Gasteiger partial charge in [-0.3, -0.25) is 0 Å². The zero-order chi connectivity index (χ0) is 9.57. The summed E-state index contributed by atoms with van der Waals surface area (Å²) in [4.78, 5) is 0. The molecule has 0 nitrogen and oxygen atoms in total. The highest BCUT2D eigenvalue weighted by Gasteiger charge is 2.34. The molecule has 0 aromatic rings. The van der Waals surface area contributed by atoms with E-state index in [1.54, 1.807) is 0 Å². The fourth-order valence-electron chi connectivity index (χ4n) is 0.896. The van der Waals surface area contributed by atoms with Gasteiger partial charge >= 0.3 is 0 Å². The van der Waals surface area contributed by atoms with Crippen LogP contribution in [0.5, 0.6) is 0 Å². The van der Waals surface area contributed by atoms with Gasteiger partial charge in [0.2, 0.25) is 0 Å². The van der Waals surface area contributed by atoms with Crippen molar-refractivity contribution in [2.45, 2.75) is 22.5 Å². The van der Waals surface area contributed by atoms with Gasteiger partial charge in [0.1, 0.15) is 0 Å². The van der Waals surface area contributed by atoms with Crippen LogP contribution in [0, 0.1) is 0 Å². The second kappa shape index (κ2) is 3.52. The first-order valence-electron chi connectivity index (χ1n) is 3.41. The van der Waals surface area contributed by atoms with E-state index in [9.17, 15) is 0 Å². The summed E-state index contributed by atoms with van der Waals surface area (Å²) in [5.41, 5.74) is 0. The summed E-state index contributed by atoms with van der Waals surface area (Å²) in [6.45, 7) is 4.19. The van der Waals surface area contributed by atoms with Crippen molar-refractivity contribution in [2.75, 3.05) is 0 Å². The minimum Gasteiger partial charge on any atom is -0.0752 e. The van der Waals surface area contributed by atoms with Crippen LogP contribution in [0.2, 0.25) is 0 Å². The van der Waals surface area contributed by atoms with E-state index in [1.807, 2.05) is 0 Å². The number of rotatable bonds is 0. The normalized spacial score (nSPS) is 42.2. The van der Waals surface area contributed by atoms with Crippen molar-refractivity contribution in [3.8, 4) is 0 Å². The monoisotopic (exact) mass is 420 g/mol. The molecule has 0 N–H and O–H groups in total. The lowest BCUT2D eigenvalue weighted by molar-refractivity contribution is 0.900. The van der Waals surface area contributed by atoms with Gasteiger partial charge in [-0.25, -0.2) is 0 Å². The molecule has 0 bridgehead atoms. The Morgan fingerprint density at radius 2 is 1.17 bits per heavy atom. The van der Waals surface area contributed by atoms with Gasteiger partial charge in [0.05, 0.1) is 8.65 Å². The van der Waals surface area contributed by atoms with Crippen LogP contribution in [-0.2, 0) is 0 Å². The second-order valence-corrected chi connectivity index (χ2v) is 8.14. The Balaban J connectivity index is 3.13. The molecule has 1 rings (SSSR count). The summed E-state index contributed by atoms with van der Waals surface area (Å²) in [5, 5.41) is 0. The van der Waals surface area contributed by atoms with E-state index >= 15 is 0 Å². The number of halogens is 4. The molecule has 0 amide bonds. The van der Waals surface area contributed by atoms with Crippen LogP contribution in [-0.4, -0.2) is 8.65 Å². The highest BCUT2D eigenvalue weighted by molar-refractivity contribution is 9.15. The van der Waals surface area contributed by atoms with Crippen molar-refractivity contribution >= 4 is 63.7 Å². The first-order valence-corrected chi connectivity index (χ1v) is 6.58. The Kier molecular flexibility index (Phi) is 3.36. The van der Waals surface area contributed by atoms with Crippen LogP contribution < -0.4 is 0 Å². The maximum Gasteiger partial charge on any atom is 0.0731 e. The lowest BCUT2D eigenvalue weighted by Crippen LogP contribution is -2.25. The standard InChI is InChI=1S/C8H8Br4/c1-7(11)3-6(10)8(2,12)4-5(7)9/h3-4H,1-2H3. The summed E-state index contributed by atoms with van der Waals surface area (Å²) in [7, 11) is 0. The maximum absolute atomic E-state index is 3.61. The largest absolute Gasteiger partial charge is 0.0752 e. The molecule has 0 aromatic heterocycles. The smallest absolute Gasteiger partial charge is 0.0731 e. The zero-order valence-electron chi connectivity index (χ0n) is 6.67. The zero-order valence-corrected chi connectivity index (χ0v) is 13.0. The van der Waals surface area contributed by atoms with E-state index in [4.69, 9.17) is 0 Å². The first kappa shape index (κ1) is 11.5. The van der Waals surface area contributed by atoms with Crippen molar-refractivity contribution in [3.05, 3.63) is 21.1 Å². The topological polar surface area (TPSA) is 0 Å². The molecule has 2 atom stereocenters. The molecule has 2 unspecified atom stereocenters. The lowest BCUT2D eigenvalue weighted by Gasteiger charge is -2.30. The fraction of sp³-hybridized carbons (Fsp3) is 0.500. The molecule has 0 radical (unpaired) electrons. The molecule has 4 heteroatoms. The van der Waals surface area contributed by atoms with Crippen LogP contribution >= 0.6 is 63.7 Å². The molecule has 0 fully saturated rings. The Hall–Kier alpha value is 1.40. The highest BCUT2D eigenvalue weighted by Crippen LogP contribution is 2.46. The Morgan fingerprint density at radius 3 is 1.42 bits per heavy atom. The molecule has 0 saturated carbocycles. The highest BCUT2D eigenvalue weighted by atomic mass is 79.9. The van der Waals surface area contributed by atoms with Crippen molar-refractivity contribution in [2.24, 2.45) is 0 Å². The van der Waals surface area contributed by atoms with Crippen molar-refractivity contribution in [1.82, 2.24) is 0 Å². The van der Waals surface area contributed by atoms with Crippen LogP contribution in [0.3, 0.4) is 0 Å². The SMILES string of the molecule is CC1(Br)C=C(Br)C(C)(Br)C=C1Br. The van der Waals surface area contributed by atoms with E-state index in [0.29, 0.717) is 0 Å². The average molecular weight is 424 g/mol. The maximum atomic E-state index is 3.61. The molecule has 0 heterocycles. The summed E-state index contributed by atoms with van der Waals surface area (Å²) in [6, 6.07) is 0. The molecule has 1 aliphatic rings. The Morgan fingerprint density at radius 1 is 0.917 bits per heavy atom. The second-order valence-electron chi connectivity index (χ2n) is 3.14. The van der Waals surface area contributed by atoms with E-state index < -0.39 is 0 Å². The number of alkyl halides is 2. The molecule has 0 saturated heterocycles. The van der Waals surface area contributed by atoms with Crippen molar-refractivity contribution < 1.29 is 0 Å². The molecule has 0 aromatic carbocycles. The lowest BCUT2D eigenvalue weighted by atomic mass is 9.98. The van der Waals surface area contributed by atoms with E-state index in [-0.39, 0.29) is 8.65 Å². The molecular formula is C8H8Br4. The summed E-state index contributed by atoms with van der Waals surface area (Å²) >= 11 is 14.3. The molecule has 1 aliphatic carbocycles. The number of allylic oxidation sites excluding steroid dienone is 4. The van der Waals surface area contributed by atoms with Crippen LogP contribution in [0.4, 0.5) is 0 Å². The minimum absolute atomic E-state index is 0.0842. The van der Waals surface area contributed by atoms with Crippen LogP contribution in [0.1, 0.15) is 13.8 Å². The van der Waals surface area contributed by atoms with Crippen LogP contribution in [0.25, 0.3) is 0 Å². The van der Waals surface area contributed by atoms with Gasteiger partial charge in [-0.2, -0.15) is 0 Å². The third kappa shape index (κ3) is 2.25. The fourth-order valence-corrected chi connectivity index (χ4v) is 3.34. The van der Waals surface area contributed by atoms with E-state index in [0.717, 1.165) is 8.96 Å². The van der Waals surface area contributed by atoms with Gasteiger partial charge in [0, 0.05) is 8.96 Å². The van der Waals surface area contributed by atoms with E-state index in [2.05, 4.69) is 89.7 Å². The molecule has 68 valence electrons. The first-order chi connectivity index (χ1) is 5.26. The Bertz CT molecular complexity index is 232. The predicted octanol–water partition coefficient (Wildman–Crippen LogP) is 4.86. The van der Waals surface area contributed by atoms with Crippen molar-refractivity contribution in [3.63, 3.8) is 0 Å². The van der Waals surface area contributed by atoms with Gasteiger partial charge in [-0.1, -0.05) is 75.9 Å². The summed E-state index contributed by atoms with van der Waals surface area (Å²) in [6.07, 6.45) is 4.26. The molecular weight excluding hydrogens is 416 g/mol. The Labute approximate surface area is 106 Å². The summed E-state index contributed by atoms with van der Waals surface area (Å²) < 4.78 is 2.10. The quantitative estimate of drug-likeness (QED) is 0.488. The van der Waals surface area contributed by atoms with Gasteiger partial charge in [0.25, 0.3) is 0 Å². The third-order valence-electron chi connectivity index (χ3n) is 1.73. The molecule has 0 aliphatic heterocycles. The minimum atomic E-state index is -0.0842.